The Kier molecular flexibility index (Phi) is 13.1. The molecule has 3 amide bonds. The lowest BCUT2D eigenvalue weighted by molar-refractivity contribution is -0.223. The monoisotopic (exact) mass is 708 g/mol. The summed E-state index contributed by atoms with van der Waals surface area (Å²) in [5, 5.41) is 27.4. The standard InChI is InChI=1S/C23H36F7N4O11P/c1-3-4-5-6-43-19(38)32-17-13(24)16(31)33(20(39)34(17)18-15(37)14(36)12(8-35)45-18)7-11(2)44-10-21(23(28,29)30,46(40,41)42)9-22(25,26)27/h11-12,14-15,17-18,35-37H,3-10,31H2,1-2H3,(H,32,38)(H2,40,41,42)/t11?,12-,14-,15-,17?,18?,21-/m1/s1. The number of aliphatic hydroxyl groups excluding tert-OH is 3. The second-order valence-electron chi connectivity index (χ2n) is 10.6. The zero-order chi connectivity index (χ0) is 35.4. The van der Waals surface area contributed by atoms with Crippen molar-refractivity contribution >= 4 is 19.7 Å². The summed E-state index contributed by atoms with van der Waals surface area (Å²) in [7, 11) is -6.63. The van der Waals surface area contributed by atoms with E-state index in [9.17, 15) is 65.6 Å². The van der Waals surface area contributed by atoms with Crippen LogP contribution >= 0.6 is 7.60 Å². The summed E-state index contributed by atoms with van der Waals surface area (Å²) in [6, 6.07) is -1.45. The number of ether oxygens (including phenoxy) is 3. The van der Waals surface area contributed by atoms with Crippen LogP contribution in [0.4, 0.5) is 40.3 Å². The average Bonchev–Trinajstić information content (AvgIpc) is 3.21. The number of unbranched alkanes of at least 4 members (excludes halogenated alkanes) is 2. The molecule has 0 radical (unpaired) electrons. The summed E-state index contributed by atoms with van der Waals surface area (Å²) >= 11 is 0. The van der Waals surface area contributed by atoms with E-state index in [1.54, 1.807) is 0 Å². The molecule has 0 bridgehead atoms. The second-order valence-corrected chi connectivity index (χ2v) is 12.6. The quantitative estimate of drug-likeness (QED) is 0.0772. The average molecular weight is 709 g/mol. The molecule has 2 heterocycles. The number of nitrogens with two attached hydrogens (primary N) is 1. The zero-order valence-corrected chi connectivity index (χ0v) is 25.3. The maximum atomic E-state index is 15.7. The molecule has 23 heteroatoms. The van der Waals surface area contributed by atoms with Crippen molar-refractivity contribution in [1.82, 2.24) is 15.1 Å². The number of hydrogen-bond donors (Lipinski definition) is 7. The van der Waals surface area contributed by atoms with Gasteiger partial charge in [-0.15, -0.1) is 0 Å². The highest BCUT2D eigenvalue weighted by Gasteiger charge is 2.69. The Balaban J connectivity index is 2.42. The predicted octanol–water partition coefficient (Wildman–Crippen LogP) is 1.34. The molecule has 2 rings (SSSR count). The highest BCUT2D eigenvalue weighted by Crippen LogP contribution is 2.62. The van der Waals surface area contributed by atoms with Crippen LogP contribution < -0.4 is 11.1 Å². The van der Waals surface area contributed by atoms with E-state index < -0.39 is 112 Å². The van der Waals surface area contributed by atoms with Gasteiger partial charge in [-0.3, -0.25) is 19.7 Å². The van der Waals surface area contributed by atoms with Crippen LogP contribution in [0.25, 0.3) is 0 Å². The van der Waals surface area contributed by atoms with Crippen molar-refractivity contribution in [2.75, 3.05) is 26.4 Å². The number of amides is 3. The highest BCUT2D eigenvalue weighted by molar-refractivity contribution is 7.53. The van der Waals surface area contributed by atoms with E-state index in [1.807, 2.05) is 12.2 Å². The lowest BCUT2D eigenvalue weighted by atomic mass is 10.0. The normalized spacial score (nSPS) is 26.7. The van der Waals surface area contributed by atoms with Gasteiger partial charge in [0, 0.05) is 0 Å². The number of carbonyl (C=O) groups is 2. The third kappa shape index (κ3) is 8.91. The Morgan fingerprint density at radius 3 is 2.24 bits per heavy atom. The van der Waals surface area contributed by atoms with Crippen LogP contribution in [-0.2, 0) is 18.8 Å². The van der Waals surface area contributed by atoms with Gasteiger partial charge in [-0.25, -0.2) is 14.0 Å². The van der Waals surface area contributed by atoms with Gasteiger partial charge in [0.05, 0.1) is 38.9 Å². The van der Waals surface area contributed by atoms with Gasteiger partial charge < -0.3 is 45.1 Å². The number of halogens is 7. The van der Waals surface area contributed by atoms with Crippen LogP contribution in [0.1, 0.15) is 39.5 Å². The second kappa shape index (κ2) is 15.2. The molecule has 0 aromatic rings. The summed E-state index contributed by atoms with van der Waals surface area (Å²) in [5.41, 5.74) is 5.74. The minimum atomic E-state index is -6.63. The van der Waals surface area contributed by atoms with Crippen LogP contribution in [0, 0.1) is 0 Å². The Morgan fingerprint density at radius 1 is 1.15 bits per heavy atom. The summed E-state index contributed by atoms with van der Waals surface area (Å²) in [5.74, 6) is -2.63. The number of carbonyl (C=O) groups excluding carboxylic acids is 2. The molecule has 268 valence electrons. The van der Waals surface area contributed by atoms with Gasteiger partial charge in [-0.2, -0.15) is 26.3 Å². The first kappa shape index (κ1) is 39.7. The highest BCUT2D eigenvalue weighted by atomic mass is 31.2. The van der Waals surface area contributed by atoms with Crippen LogP contribution in [0.2, 0.25) is 0 Å². The molecule has 3 unspecified atom stereocenters. The minimum absolute atomic E-state index is 0.127. The van der Waals surface area contributed by atoms with Crippen molar-refractivity contribution in [3.63, 3.8) is 0 Å². The molecule has 46 heavy (non-hydrogen) atoms. The van der Waals surface area contributed by atoms with E-state index in [1.165, 1.54) is 0 Å². The molecule has 0 aromatic carbocycles. The van der Waals surface area contributed by atoms with Gasteiger partial charge in [-0.1, -0.05) is 19.8 Å². The number of rotatable bonds is 14. The topological polar surface area (TPSA) is 225 Å². The molecule has 0 spiro atoms. The van der Waals surface area contributed by atoms with Crippen LogP contribution in [0.3, 0.4) is 0 Å². The Labute approximate surface area is 257 Å². The Bertz CT molecular complexity index is 1160. The fourth-order valence-corrected chi connectivity index (χ4v) is 5.55. The van der Waals surface area contributed by atoms with Gasteiger partial charge in [0.1, 0.15) is 24.1 Å². The van der Waals surface area contributed by atoms with Crippen molar-refractivity contribution in [1.29, 1.82) is 0 Å². The first-order chi connectivity index (χ1) is 21.0. The number of nitrogens with one attached hydrogen (secondary N) is 1. The number of alkyl halides is 6. The molecule has 1 saturated heterocycles. The van der Waals surface area contributed by atoms with Crippen LogP contribution in [-0.4, -0.2) is 128 Å². The summed E-state index contributed by atoms with van der Waals surface area (Å²) in [6.45, 7) is -1.61. The first-order valence-corrected chi connectivity index (χ1v) is 15.3. The third-order valence-corrected chi connectivity index (χ3v) is 8.81. The molecule has 0 saturated carbocycles. The maximum Gasteiger partial charge on any atom is 0.409 e. The van der Waals surface area contributed by atoms with Gasteiger partial charge >= 0.3 is 32.1 Å². The largest absolute Gasteiger partial charge is 0.450 e. The first-order valence-electron chi connectivity index (χ1n) is 13.6. The van der Waals surface area contributed by atoms with Gasteiger partial charge in [-0.05, 0) is 13.3 Å². The van der Waals surface area contributed by atoms with E-state index in [0.29, 0.717) is 17.7 Å². The molecule has 2 aliphatic heterocycles. The molecule has 0 aromatic heterocycles. The Hall–Kier alpha value is -2.46. The van der Waals surface area contributed by atoms with E-state index in [2.05, 4.69) is 0 Å². The smallest absolute Gasteiger partial charge is 0.409 e. The van der Waals surface area contributed by atoms with Crippen molar-refractivity contribution in [2.24, 2.45) is 5.73 Å². The molecule has 0 aliphatic carbocycles. The molecule has 15 nitrogen and oxygen atoms in total. The predicted molar refractivity (Wildman–Crippen MR) is 139 cm³/mol. The molecular formula is C23H36F7N4O11P. The summed E-state index contributed by atoms with van der Waals surface area (Å²) < 4.78 is 123. The molecule has 1 fully saturated rings. The molecule has 2 aliphatic rings. The SMILES string of the molecule is CCCCCOC(=O)NC1C(F)=C(N)N(CC(C)OC[C@](CC(F)(F)F)(C(F)(F)F)P(=O)(O)O)C(=O)N1C1O[C@H](CO)[C@@H](O)[C@H]1O. The van der Waals surface area contributed by atoms with Crippen LogP contribution in [0.5, 0.6) is 0 Å². The Morgan fingerprint density at radius 2 is 1.76 bits per heavy atom. The van der Waals surface area contributed by atoms with Crippen molar-refractivity contribution in [3.8, 4) is 0 Å². The number of urea groups is 1. The van der Waals surface area contributed by atoms with Crippen molar-refractivity contribution < 1.29 is 84.2 Å². The maximum absolute atomic E-state index is 15.7. The third-order valence-electron chi connectivity index (χ3n) is 7.16. The summed E-state index contributed by atoms with van der Waals surface area (Å²) in [4.78, 5) is 45.3. The van der Waals surface area contributed by atoms with E-state index >= 15 is 4.39 Å². The fraction of sp³-hybridized carbons (Fsp3) is 0.826. The fourth-order valence-electron chi connectivity index (χ4n) is 4.60. The zero-order valence-electron chi connectivity index (χ0n) is 24.4. The van der Waals surface area contributed by atoms with E-state index in [0.717, 1.165) is 13.3 Å². The molecule has 7 atom stereocenters. The van der Waals surface area contributed by atoms with Gasteiger partial charge in [0.25, 0.3) is 0 Å². The van der Waals surface area contributed by atoms with Crippen LogP contribution in [0.15, 0.2) is 11.6 Å². The number of nitrogens with zero attached hydrogens (tertiary/aromatic N) is 2. The number of aliphatic hydroxyl groups is 3. The lowest BCUT2D eigenvalue weighted by Gasteiger charge is -2.44. The van der Waals surface area contributed by atoms with Gasteiger partial charge in [0.15, 0.2) is 23.4 Å². The molecule has 8 N–H and O–H groups in total. The van der Waals surface area contributed by atoms with E-state index in [-0.39, 0.29) is 11.5 Å². The number of alkyl carbamates (subject to hydrolysis) is 1. The van der Waals surface area contributed by atoms with Crippen molar-refractivity contribution in [3.05, 3.63) is 11.6 Å². The van der Waals surface area contributed by atoms with E-state index in [4.69, 9.17) is 19.9 Å². The lowest BCUT2D eigenvalue weighted by Crippen LogP contribution is -2.65. The number of hydrogen-bond acceptors (Lipinski definition) is 10. The van der Waals surface area contributed by atoms with Gasteiger partial charge in [0.2, 0.25) is 0 Å². The molecular weight excluding hydrogens is 672 g/mol. The summed E-state index contributed by atoms with van der Waals surface area (Å²) in [6.07, 6.45) is -25.7. The van der Waals surface area contributed by atoms with Crippen molar-refractivity contribution in [2.45, 2.75) is 93.8 Å². The minimum Gasteiger partial charge on any atom is -0.450 e.